The fourth-order valence-electron chi connectivity index (χ4n) is 3.83. The van der Waals surface area contributed by atoms with Crippen LogP contribution in [-0.4, -0.2) is 24.0 Å². The van der Waals surface area contributed by atoms with E-state index in [0.717, 1.165) is 29.7 Å². The van der Waals surface area contributed by atoms with Crippen LogP contribution in [0, 0.1) is 23.7 Å². The van der Waals surface area contributed by atoms with Crippen molar-refractivity contribution in [3.05, 3.63) is 0 Å². The highest BCUT2D eigenvalue weighted by Gasteiger charge is 2.39. The summed E-state index contributed by atoms with van der Waals surface area (Å²) in [6.07, 6.45) is 9.09. The van der Waals surface area contributed by atoms with Crippen molar-refractivity contribution in [3.63, 3.8) is 0 Å². The standard InChI is InChI=1S/C15H27N/c1-11(2)13-9-14(10-13)12-5-7-16(8-6-12)15-3-4-15/h11-15H,3-10H2,1-2H3. The van der Waals surface area contributed by atoms with Gasteiger partial charge in [-0.1, -0.05) is 13.8 Å². The number of rotatable bonds is 3. The average molecular weight is 221 g/mol. The summed E-state index contributed by atoms with van der Waals surface area (Å²) in [6.45, 7) is 7.63. The summed E-state index contributed by atoms with van der Waals surface area (Å²) in [5, 5.41) is 0. The van der Waals surface area contributed by atoms with Gasteiger partial charge in [0.2, 0.25) is 0 Å². The minimum Gasteiger partial charge on any atom is -0.300 e. The smallest absolute Gasteiger partial charge is 0.00964 e. The van der Waals surface area contributed by atoms with Crippen LogP contribution in [0.5, 0.6) is 0 Å². The molecule has 0 radical (unpaired) electrons. The Morgan fingerprint density at radius 2 is 1.50 bits per heavy atom. The van der Waals surface area contributed by atoms with Crippen molar-refractivity contribution in [1.29, 1.82) is 0 Å². The molecule has 2 aliphatic carbocycles. The largest absolute Gasteiger partial charge is 0.300 e. The molecule has 1 saturated heterocycles. The predicted octanol–water partition coefficient (Wildman–Crippen LogP) is 3.54. The summed E-state index contributed by atoms with van der Waals surface area (Å²) >= 11 is 0. The molecule has 1 aliphatic heterocycles. The maximum atomic E-state index is 2.76. The first-order valence-electron chi connectivity index (χ1n) is 7.48. The van der Waals surface area contributed by atoms with E-state index in [1.165, 1.54) is 38.8 Å². The Hall–Kier alpha value is -0.0400. The van der Waals surface area contributed by atoms with Gasteiger partial charge in [0.15, 0.2) is 0 Å². The van der Waals surface area contributed by atoms with E-state index in [2.05, 4.69) is 18.7 Å². The fourth-order valence-corrected chi connectivity index (χ4v) is 3.83. The van der Waals surface area contributed by atoms with Gasteiger partial charge in [0, 0.05) is 6.04 Å². The van der Waals surface area contributed by atoms with Gasteiger partial charge in [-0.05, 0) is 75.3 Å². The Bertz CT molecular complexity index is 230. The second-order valence-corrected chi connectivity index (χ2v) is 6.84. The Labute approximate surface area is 101 Å². The summed E-state index contributed by atoms with van der Waals surface area (Å²) in [7, 11) is 0. The van der Waals surface area contributed by atoms with Crippen LogP contribution in [-0.2, 0) is 0 Å². The third-order valence-corrected chi connectivity index (χ3v) is 5.46. The van der Waals surface area contributed by atoms with Gasteiger partial charge in [-0.3, -0.25) is 0 Å². The zero-order valence-corrected chi connectivity index (χ0v) is 11.0. The maximum absolute atomic E-state index is 2.76. The summed E-state index contributed by atoms with van der Waals surface area (Å²) < 4.78 is 0. The van der Waals surface area contributed by atoms with Gasteiger partial charge in [-0.2, -0.15) is 0 Å². The lowest BCUT2D eigenvalue weighted by Crippen LogP contribution is -2.41. The summed E-state index contributed by atoms with van der Waals surface area (Å²) in [6, 6.07) is 1.01. The quantitative estimate of drug-likeness (QED) is 0.704. The number of hydrogen-bond acceptors (Lipinski definition) is 1. The highest BCUT2D eigenvalue weighted by molar-refractivity contribution is 4.92. The number of hydrogen-bond donors (Lipinski definition) is 0. The van der Waals surface area contributed by atoms with E-state index in [4.69, 9.17) is 0 Å². The summed E-state index contributed by atoms with van der Waals surface area (Å²) in [5.74, 6) is 4.19. The minimum absolute atomic E-state index is 0.933. The van der Waals surface area contributed by atoms with Crippen molar-refractivity contribution in [2.24, 2.45) is 23.7 Å². The van der Waals surface area contributed by atoms with Crippen LogP contribution in [0.4, 0.5) is 0 Å². The molecule has 2 saturated carbocycles. The molecule has 0 atom stereocenters. The minimum atomic E-state index is 0.933. The van der Waals surface area contributed by atoms with Crippen molar-refractivity contribution < 1.29 is 0 Å². The van der Waals surface area contributed by atoms with Crippen LogP contribution >= 0.6 is 0 Å². The summed E-state index contributed by atoms with van der Waals surface area (Å²) in [4.78, 5) is 2.76. The summed E-state index contributed by atoms with van der Waals surface area (Å²) in [5.41, 5.74) is 0. The second kappa shape index (κ2) is 4.33. The molecule has 1 nitrogen and oxygen atoms in total. The van der Waals surface area contributed by atoms with E-state index in [0.29, 0.717) is 0 Å². The number of nitrogens with zero attached hydrogens (tertiary/aromatic N) is 1. The van der Waals surface area contributed by atoms with Crippen LogP contribution in [0.2, 0.25) is 0 Å². The van der Waals surface area contributed by atoms with Crippen molar-refractivity contribution in [2.45, 2.75) is 58.4 Å². The third-order valence-electron chi connectivity index (χ3n) is 5.46. The Morgan fingerprint density at radius 3 is 2.00 bits per heavy atom. The second-order valence-electron chi connectivity index (χ2n) is 6.84. The lowest BCUT2D eigenvalue weighted by atomic mass is 9.63. The normalized spacial score (nSPS) is 37.7. The Kier molecular flexibility index (Phi) is 2.99. The topological polar surface area (TPSA) is 3.24 Å². The average Bonchev–Trinajstić information content (AvgIpc) is 2.99. The Morgan fingerprint density at radius 1 is 0.875 bits per heavy atom. The van der Waals surface area contributed by atoms with Crippen LogP contribution < -0.4 is 0 Å². The zero-order valence-electron chi connectivity index (χ0n) is 11.0. The van der Waals surface area contributed by atoms with Gasteiger partial charge in [-0.15, -0.1) is 0 Å². The first-order chi connectivity index (χ1) is 7.74. The van der Waals surface area contributed by atoms with Gasteiger partial charge in [0.25, 0.3) is 0 Å². The fraction of sp³-hybridized carbons (Fsp3) is 1.00. The molecule has 16 heavy (non-hydrogen) atoms. The predicted molar refractivity (Wildman–Crippen MR) is 68.4 cm³/mol. The highest BCUT2D eigenvalue weighted by Crippen LogP contribution is 2.46. The van der Waals surface area contributed by atoms with E-state index in [1.54, 1.807) is 12.8 Å². The first kappa shape index (κ1) is 11.1. The molecule has 0 spiro atoms. The molecular weight excluding hydrogens is 194 g/mol. The van der Waals surface area contributed by atoms with E-state index in [1.807, 2.05) is 0 Å². The first-order valence-corrected chi connectivity index (χ1v) is 7.48. The molecule has 3 fully saturated rings. The number of piperidine rings is 1. The van der Waals surface area contributed by atoms with Gasteiger partial charge < -0.3 is 4.90 Å². The lowest BCUT2D eigenvalue weighted by Gasteiger charge is -2.45. The maximum Gasteiger partial charge on any atom is 0.00964 e. The van der Waals surface area contributed by atoms with Crippen molar-refractivity contribution >= 4 is 0 Å². The molecular formula is C15H27N. The molecule has 0 unspecified atom stereocenters. The molecule has 3 aliphatic rings. The monoisotopic (exact) mass is 221 g/mol. The van der Waals surface area contributed by atoms with Crippen molar-refractivity contribution in [1.82, 2.24) is 4.90 Å². The Balaban J connectivity index is 1.41. The third kappa shape index (κ3) is 2.16. The van der Waals surface area contributed by atoms with Gasteiger partial charge in [0.05, 0.1) is 0 Å². The van der Waals surface area contributed by atoms with E-state index in [-0.39, 0.29) is 0 Å². The SMILES string of the molecule is CC(C)C1CC(C2CCN(C3CC3)CC2)C1. The highest BCUT2D eigenvalue weighted by atomic mass is 15.2. The van der Waals surface area contributed by atoms with Gasteiger partial charge >= 0.3 is 0 Å². The van der Waals surface area contributed by atoms with Crippen LogP contribution in [0.3, 0.4) is 0 Å². The molecule has 0 amide bonds. The molecule has 1 heteroatoms. The molecule has 0 bridgehead atoms. The number of likely N-dealkylation sites (tertiary alicyclic amines) is 1. The molecule has 0 aromatic rings. The molecule has 0 aromatic carbocycles. The van der Waals surface area contributed by atoms with Crippen LogP contribution in [0.1, 0.15) is 52.4 Å². The van der Waals surface area contributed by atoms with E-state index >= 15 is 0 Å². The van der Waals surface area contributed by atoms with E-state index < -0.39 is 0 Å². The van der Waals surface area contributed by atoms with Crippen LogP contribution in [0.15, 0.2) is 0 Å². The lowest BCUT2D eigenvalue weighted by molar-refractivity contribution is 0.0467. The molecule has 0 N–H and O–H groups in total. The van der Waals surface area contributed by atoms with E-state index in [9.17, 15) is 0 Å². The van der Waals surface area contributed by atoms with Crippen molar-refractivity contribution in [2.75, 3.05) is 13.1 Å². The van der Waals surface area contributed by atoms with Crippen LogP contribution in [0.25, 0.3) is 0 Å². The molecule has 92 valence electrons. The van der Waals surface area contributed by atoms with Gasteiger partial charge in [-0.25, -0.2) is 0 Å². The zero-order chi connectivity index (χ0) is 11.1. The molecule has 0 aromatic heterocycles. The molecule has 3 rings (SSSR count). The van der Waals surface area contributed by atoms with Gasteiger partial charge in [0.1, 0.15) is 0 Å². The van der Waals surface area contributed by atoms with Crippen molar-refractivity contribution in [3.8, 4) is 0 Å². The molecule has 1 heterocycles.